The molecule has 1 fully saturated rings. The Kier molecular flexibility index (Phi) is 10.7. The highest BCUT2D eigenvalue weighted by Gasteiger charge is 2.38. The van der Waals surface area contributed by atoms with Crippen LogP contribution in [0.3, 0.4) is 0 Å². The summed E-state index contributed by atoms with van der Waals surface area (Å²) in [6.07, 6.45) is 3.84. The largest absolute Gasteiger partial charge is 0.497 e. The molecule has 43 heavy (non-hydrogen) atoms. The Balaban J connectivity index is 1.28. The summed E-state index contributed by atoms with van der Waals surface area (Å²) < 4.78 is 38.9. The highest BCUT2D eigenvalue weighted by Crippen LogP contribution is 2.37. The molecule has 0 N–H and O–H groups in total. The summed E-state index contributed by atoms with van der Waals surface area (Å²) in [5, 5.41) is 0. The van der Waals surface area contributed by atoms with E-state index in [1.807, 2.05) is 13.1 Å². The maximum atomic E-state index is 13.3. The Bertz CT molecular complexity index is 1440. The zero-order chi connectivity index (χ0) is 31.2. The fraction of sp³-hybridized carbons (Fsp3) is 0.500. The molecule has 1 aliphatic rings. The third kappa shape index (κ3) is 7.46. The second kappa shape index (κ2) is 14.0. The van der Waals surface area contributed by atoms with E-state index in [4.69, 9.17) is 9.47 Å². The molecule has 11 heteroatoms. The smallest absolute Gasteiger partial charge is 0.318 e. The molecule has 0 aliphatic carbocycles. The summed E-state index contributed by atoms with van der Waals surface area (Å²) in [7, 11) is 5.80. The van der Waals surface area contributed by atoms with Crippen molar-refractivity contribution >= 4 is 15.8 Å². The van der Waals surface area contributed by atoms with Crippen molar-refractivity contribution in [1.82, 2.24) is 24.1 Å². The van der Waals surface area contributed by atoms with Crippen molar-refractivity contribution in [1.29, 1.82) is 0 Å². The van der Waals surface area contributed by atoms with Gasteiger partial charge in [0, 0.05) is 58.6 Å². The quantitative estimate of drug-likeness (QED) is 0.287. The van der Waals surface area contributed by atoms with Crippen molar-refractivity contribution in [2.75, 3.05) is 79.5 Å². The van der Waals surface area contributed by atoms with Crippen LogP contribution in [-0.4, -0.2) is 107 Å². The fourth-order valence-electron chi connectivity index (χ4n) is 5.89. The molecule has 2 heterocycles. The zero-order valence-corrected chi connectivity index (χ0v) is 27.4. The monoisotopic (exact) mass is 610 g/mol. The van der Waals surface area contributed by atoms with Crippen molar-refractivity contribution in [3.63, 3.8) is 0 Å². The number of nitrogens with zero attached hydrogens (tertiary/aromatic N) is 6. The number of piperidine rings is 1. The van der Waals surface area contributed by atoms with Gasteiger partial charge >= 0.3 is 6.01 Å². The van der Waals surface area contributed by atoms with Crippen LogP contribution in [0.2, 0.25) is 0 Å². The Labute approximate surface area is 257 Å². The minimum absolute atomic E-state index is 0.0717. The number of methoxy groups -OCH3 is 1. The number of hydrogen-bond acceptors (Lipinski definition) is 9. The molecule has 0 atom stereocenters. The van der Waals surface area contributed by atoms with Gasteiger partial charge in [-0.05, 0) is 75.7 Å². The van der Waals surface area contributed by atoms with Crippen LogP contribution in [0.25, 0.3) is 0 Å². The summed E-state index contributed by atoms with van der Waals surface area (Å²) in [5.74, 6) is 1.40. The average Bonchev–Trinajstić information content (AvgIpc) is 3.00. The number of sulfonamides is 1. The second-order valence-corrected chi connectivity index (χ2v) is 13.5. The lowest BCUT2D eigenvalue weighted by Crippen LogP contribution is -2.51. The Hall–Kier alpha value is -3.25. The molecule has 0 bridgehead atoms. The van der Waals surface area contributed by atoms with Crippen molar-refractivity contribution in [3.05, 3.63) is 71.4 Å². The van der Waals surface area contributed by atoms with Gasteiger partial charge in [-0.25, -0.2) is 13.4 Å². The first-order valence-electron chi connectivity index (χ1n) is 14.7. The summed E-state index contributed by atoms with van der Waals surface area (Å²) in [5.41, 5.74) is 2.74. The second-order valence-electron chi connectivity index (χ2n) is 11.5. The van der Waals surface area contributed by atoms with E-state index >= 15 is 0 Å². The molecule has 0 amide bonds. The average molecular weight is 611 g/mol. The molecule has 4 rings (SSSR count). The van der Waals surface area contributed by atoms with E-state index in [-0.39, 0.29) is 29.6 Å². The first-order valence-corrected chi connectivity index (χ1v) is 16.2. The highest BCUT2D eigenvalue weighted by atomic mass is 32.2. The van der Waals surface area contributed by atoms with Crippen molar-refractivity contribution in [3.8, 4) is 11.8 Å². The maximum Gasteiger partial charge on any atom is 0.318 e. The van der Waals surface area contributed by atoms with E-state index in [9.17, 15) is 8.42 Å². The molecular formula is C32H46N6O4S. The van der Waals surface area contributed by atoms with Gasteiger partial charge in [-0.3, -0.25) is 4.90 Å². The van der Waals surface area contributed by atoms with Gasteiger partial charge in [0.15, 0.2) is 0 Å². The summed E-state index contributed by atoms with van der Waals surface area (Å²) in [4.78, 5) is 16.1. The molecule has 0 radical (unpaired) electrons. The van der Waals surface area contributed by atoms with Gasteiger partial charge in [-0.15, -0.1) is 0 Å². The number of likely N-dealkylation sites (tertiary alicyclic amines) is 1. The molecule has 234 valence electrons. The first kappa shape index (κ1) is 32.7. The van der Waals surface area contributed by atoms with E-state index in [1.165, 1.54) is 9.87 Å². The minimum Gasteiger partial charge on any atom is -0.497 e. The van der Waals surface area contributed by atoms with Crippen LogP contribution >= 0.6 is 0 Å². The summed E-state index contributed by atoms with van der Waals surface area (Å²) >= 11 is 0. The van der Waals surface area contributed by atoms with Gasteiger partial charge in [-0.1, -0.05) is 30.3 Å². The zero-order valence-electron chi connectivity index (χ0n) is 26.6. The number of benzene rings is 2. The topological polar surface area (TPSA) is 91.3 Å². The minimum atomic E-state index is -3.71. The fourth-order valence-corrected chi connectivity index (χ4v) is 7.44. The Morgan fingerprint density at radius 2 is 1.60 bits per heavy atom. The molecule has 0 unspecified atom stereocenters. The van der Waals surface area contributed by atoms with E-state index < -0.39 is 10.0 Å². The molecule has 3 aromatic rings. The normalized spacial score (nSPS) is 15.6. The van der Waals surface area contributed by atoms with Crippen molar-refractivity contribution in [2.45, 2.75) is 37.1 Å². The molecule has 10 nitrogen and oxygen atoms in total. The number of anilines is 1. The molecule has 1 saturated heterocycles. The number of rotatable bonds is 13. The lowest BCUT2D eigenvalue weighted by Gasteiger charge is -2.47. The number of aromatic nitrogens is 2. The van der Waals surface area contributed by atoms with Gasteiger partial charge in [0.25, 0.3) is 0 Å². The van der Waals surface area contributed by atoms with Gasteiger partial charge in [0.1, 0.15) is 18.2 Å². The van der Waals surface area contributed by atoms with Crippen molar-refractivity contribution < 1.29 is 17.9 Å². The van der Waals surface area contributed by atoms with Crippen LogP contribution in [0.1, 0.15) is 29.5 Å². The van der Waals surface area contributed by atoms with Crippen LogP contribution < -0.4 is 14.4 Å². The van der Waals surface area contributed by atoms with E-state index in [1.54, 1.807) is 46.3 Å². The third-order valence-electron chi connectivity index (χ3n) is 8.59. The van der Waals surface area contributed by atoms with E-state index in [0.717, 1.165) is 44.8 Å². The van der Waals surface area contributed by atoms with Crippen LogP contribution in [0.15, 0.2) is 59.6 Å². The van der Waals surface area contributed by atoms with Gasteiger partial charge < -0.3 is 19.3 Å². The Morgan fingerprint density at radius 1 is 0.953 bits per heavy atom. The predicted molar refractivity (Wildman–Crippen MR) is 171 cm³/mol. The lowest BCUT2D eigenvalue weighted by molar-refractivity contribution is 0.0550. The predicted octanol–water partition coefficient (Wildman–Crippen LogP) is 3.79. The van der Waals surface area contributed by atoms with E-state index in [0.29, 0.717) is 16.9 Å². The summed E-state index contributed by atoms with van der Waals surface area (Å²) in [6.45, 7) is 7.64. The molecule has 1 aromatic heterocycles. The third-order valence-corrected chi connectivity index (χ3v) is 10.8. The number of ether oxygens (including phenoxy) is 2. The Morgan fingerprint density at radius 3 is 2.21 bits per heavy atom. The number of likely N-dealkylation sites (N-methyl/N-ethyl adjacent to an activating group) is 2. The van der Waals surface area contributed by atoms with Crippen LogP contribution in [0.5, 0.6) is 11.8 Å². The standard InChI is InChI=1S/C32H46N6O4S/c1-25-23-28(41-7)24-26(2)30(25)43(39,40)37(6)21-22-42-31-33-16-13-29(34-31)36(5)19-20-38-17-14-32(15-18-38,35(3)4)27-11-9-8-10-12-27/h8-13,16,23-24H,14-15,17-22H2,1-7H3. The van der Waals surface area contributed by atoms with Gasteiger partial charge in [-0.2, -0.15) is 9.29 Å². The molecular weight excluding hydrogens is 564 g/mol. The van der Waals surface area contributed by atoms with Crippen LogP contribution in [0.4, 0.5) is 5.82 Å². The summed E-state index contributed by atoms with van der Waals surface area (Å²) in [6, 6.07) is 16.4. The SMILES string of the molecule is COc1cc(C)c(S(=O)(=O)N(C)CCOc2nccc(N(C)CCN3CCC(c4ccccc4)(N(C)C)CC3)n2)c(C)c1. The molecule has 2 aromatic carbocycles. The van der Waals surface area contributed by atoms with Crippen molar-refractivity contribution in [2.24, 2.45) is 0 Å². The lowest BCUT2D eigenvalue weighted by atomic mass is 9.80. The van der Waals surface area contributed by atoms with Gasteiger partial charge in [0.05, 0.1) is 12.0 Å². The number of hydrogen-bond donors (Lipinski definition) is 0. The van der Waals surface area contributed by atoms with E-state index in [2.05, 4.69) is 69.1 Å². The maximum absolute atomic E-state index is 13.3. The van der Waals surface area contributed by atoms with Crippen LogP contribution in [-0.2, 0) is 15.6 Å². The molecule has 0 saturated carbocycles. The van der Waals surface area contributed by atoms with Gasteiger partial charge in [0.2, 0.25) is 10.0 Å². The number of aryl methyl sites for hydroxylation is 2. The molecule has 0 spiro atoms. The van der Waals surface area contributed by atoms with Crippen LogP contribution in [0, 0.1) is 13.8 Å². The first-order chi connectivity index (χ1) is 20.5. The molecule has 1 aliphatic heterocycles. The highest BCUT2D eigenvalue weighted by molar-refractivity contribution is 7.89.